The maximum Gasteiger partial charge on any atom is 0.325 e. The molecule has 2 aromatic heterocycles. The van der Waals surface area contributed by atoms with E-state index in [4.69, 9.17) is 8.94 Å². The summed E-state index contributed by atoms with van der Waals surface area (Å²) in [6, 6.07) is 8.09. The molecule has 1 N–H and O–H groups in total. The number of nitro benzene ring substituents is 1. The number of urea groups is 1. The first-order valence-electron chi connectivity index (χ1n) is 8.14. The summed E-state index contributed by atoms with van der Waals surface area (Å²) in [6.07, 6.45) is 1.46. The standard InChI is InChI=1S/C17H13N5O6/c1-17(10-4-6-11(7-5-10)22(25)26)15(23)21(16(24)19-17)9-13-18-14(20-28-13)12-3-2-8-27-12/h2-8H,9H2,1H3,(H,19,24). The Kier molecular flexibility index (Phi) is 3.91. The molecule has 1 aliphatic heterocycles. The molecule has 1 unspecified atom stereocenters. The summed E-state index contributed by atoms with van der Waals surface area (Å²) >= 11 is 0. The van der Waals surface area contributed by atoms with Crippen LogP contribution in [0.3, 0.4) is 0 Å². The molecule has 142 valence electrons. The van der Waals surface area contributed by atoms with Crippen molar-refractivity contribution in [1.82, 2.24) is 20.4 Å². The van der Waals surface area contributed by atoms with E-state index < -0.39 is 22.4 Å². The first-order chi connectivity index (χ1) is 13.4. The number of carbonyl (C=O) groups excluding carboxylic acids is 2. The Balaban J connectivity index is 1.56. The smallest absolute Gasteiger partial charge is 0.325 e. The van der Waals surface area contributed by atoms with Crippen LogP contribution in [-0.2, 0) is 16.9 Å². The molecule has 11 nitrogen and oxygen atoms in total. The van der Waals surface area contributed by atoms with Gasteiger partial charge in [0.05, 0.1) is 11.2 Å². The van der Waals surface area contributed by atoms with Gasteiger partial charge in [-0.15, -0.1) is 0 Å². The number of rotatable bonds is 5. The molecule has 1 aromatic carbocycles. The first-order valence-corrected chi connectivity index (χ1v) is 8.14. The zero-order valence-corrected chi connectivity index (χ0v) is 14.5. The van der Waals surface area contributed by atoms with E-state index in [1.165, 1.54) is 37.5 Å². The van der Waals surface area contributed by atoms with E-state index in [1.54, 1.807) is 12.1 Å². The van der Waals surface area contributed by atoms with Crippen molar-refractivity contribution in [3.05, 3.63) is 64.2 Å². The average Bonchev–Trinajstić information content (AvgIpc) is 3.40. The highest BCUT2D eigenvalue weighted by molar-refractivity contribution is 6.07. The van der Waals surface area contributed by atoms with E-state index in [2.05, 4.69) is 15.5 Å². The summed E-state index contributed by atoms with van der Waals surface area (Å²) in [5.74, 6) is 0.111. The van der Waals surface area contributed by atoms with Crippen LogP contribution in [0.5, 0.6) is 0 Å². The Morgan fingerprint density at radius 1 is 1.25 bits per heavy atom. The highest BCUT2D eigenvalue weighted by atomic mass is 16.6. The van der Waals surface area contributed by atoms with Crippen LogP contribution in [0.25, 0.3) is 11.6 Å². The Bertz CT molecular complexity index is 1060. The zero-order chi connectivity index (χ0) is 19.9. The molecular formula is C17H13N5O6. The van der Waals surface area contributed by atoms with Gasteiger partial charge in [-0.3, -0.25) is 19.8 Å². The van der Waals surface area contributed by atoms with Crippen molar-refractivity contribution >= 4 is 17.6 Å². The molecule has 1 atom stereocenters. The number of nitro groups is 1. The lowest BCUT2D eigenvalue weighted by Crippen LogP contribution is -2.40. The van der Waals surface area contributed by atoms with Gasteiger partial charge in [-0.05, 0) is 36.8 Å². The molecular weight excluding hydrogens is 370 g/mol. The molecule has 3 amide bonds. The van der Waals surface area contributed by atoms with Gasteiger partial charge in [-0.2, -0.15) is 4.98 Å². The molecule has 0 bridgehead atoms. The van der Waals surface area contributed by atoms with Gasteiger partial charge in [0.25, 0.3) is 11.6 Å². The maximum atomic E-state index is 12.9. The van der Waals surface area contributed by atoms with Crippen LogP contribution < -0.4 is 5.32 Å². The summed E-state index contributed by atoms with van der Waals surface area (Å²) < 4.78 is 10.3. The van der Waals surface area contributed by atoms with Gasteiger partial charge in [0.1, 0.15) is 12.1 Å². The van der Waals surface area contributed by atoms with Crippen molar-refractivity contribution in [3.8, 4) is 11.6 Å². The number of nitrogens with zero attached hydrogens (tertiary/aromatic N) is 4. The topological polar surface area (TPSA) is 145 Å². The second-order valence-corrected chi connectivity index (χ2v) is 6.24. The lowest BCUT2D eigenvalue weighted by molar-refractivity contribution is -0.384. The van der Waals surface area contributed by atoms with Gasteiger partial charge in [-0.25, -0.2) is 4.79 Å². The largest absolute Gasteiger partial charge is 0.461 e. The second-order valence-electron chi connectivity index (χ2n) is 6.24. The predicted octanol–water partition coefficient (Wildman–Crippen LogP) is 2.21. The maximum absolute atomic E-state index is 12.9. The number of aromatic nitrogens is 2. The molecule has 3 heterocycles. The minimum Gasteiger partial charge on any atom is -0.461 e. The molecule has 28 heavy (non-hydrogen) atoms. The fourth-order valence-corrected chi connectivity index (χ4v) is 2.91. The number of hydrogen-bond donors (Lipinski definition) is 1. The monoisotopic (exact) mass is 383 g/mol. The number of carbonyl (C=O) groups is 2. The number of hydrogen-bond acceptors (Lipinski definition) is 8. The van der Waals surface area contributed by atoms with Crippen LogP contribution in [0.4, 0.5) is 10.5 Å². The fraction of sp³-hybridized carbons (Fsp3) is 0.176. The van der Waals surface area contributed by atoms with E-state index in [-0.39, 0.29) is 23.9 Å². The number of amides is 3. The number of benzene rings is 1. The molecule has 0 spiro atoms. The number of non-ortho nitro benzene ring substituents is 1. The van der Waals surface area contributed by atoms with Crippen LogP contribution in [0.1, 0.15) is 18.4 Å². The van der Waals surface area contributed by atoms with Crippen molar-refractivity contribution in [3.63, 3.8) is 0 Å². The fourth-order valence-electron chi connectivity index (χ4n) is 2.91. The van der Waals surface area contributed by atoms with Gasteiger partial charge < -0.3 is 14.3 Å². The van der Waals surface area contributed by atoms with Crippen LogP contribution in [0.2, 0.25) is 0 Å². The predicted molar refractivity (Wildman–Crippen MR) is 91.5 cm³/mol. The summed E-state index contributed by atoms with van der Waals surface area (Å²) in [4.78, 5) is 40.6. The summed E-state index contributed by atoms with van der Waals surface area (Å²) in [7, 11) is 0. The van der Waals surface area contributed by atoms with Crippen molar-refractivity contribution in [2.24, 2.45) is 0 Å². The van der Waals surface area contributed by atoms with E-state index in [0.717, 1.165) is 4.90 Å². The zero-order valence-electron chi connectivity index (χ0n) is 14.5. The summed E-state index contributed by atoms with van der Waals surface area (Å²) in [6.45, 7) is 1.30. The Morgan fingerprint density at radius 2 is 2.00 bits per heavy atom. The van der Waals surface area contributed by atoms with Crippen LogP contribution in [0.15, 0.2) is 51.6 Å². The normalized spacial score (nSPS) is 19.1. The third kappa shape index (κ3) is 2.78. The van der Waals surface area contributed by atoms with Crippen molar-refractivity contribution in [1.29, 1.82) is 0 Å². The minimum absolute atomic E-state index is 0.0582. The Morgan fingerprint density at radius 3 is 2.64 bits per heavy atom. The van der Waals surface area contributed by atoms with E-state index in [1.807, 2.05) is 0 Å². The highest BCUT2D eigenvalue weighted by Crippen LogP contribution is 2.31. The van der Waals surface area contributed by atoms with Crippen molar-refractivity contribution in [2.45, 2.75) is 19.0 Å². The quantitative estimate of drug-likeness (QED) is 0.401. The van der Waals surface area contributed by atoms with Gasteiger partial charge in [0.2, 0.25) is 11.7 Å². The molecule has 0 saturated carbocycles. The number of imide groups is 1. The van der Waals surface area contributed by atoms with E-state index in [9.17, 15) is 19.7 Å². The Labute approximate surface area is 157 Å². The van der Waals surface area contributed by atoms with Gasteiger partial charge in [0, 0.05) is 12.1 Å². The number of nitrogens with one attached hydrogen (secondary N) is 1. The molecule has 11 heteroatoms. The van der Waals surface area contributed by atoms with Gasteiger partial charge >= 0.3 is 6.03 Å². The third-order valence-electron chi connectivity index (χ3n) is 4.43. The molecule has 1 fully saturated rings. The molecule has 1 aliphatic rings. The molecule has 0 aliphatic carbocycles. The van der Waals surface area contributed by atoms with Crippen molar-refractivity contribution in [2.75, 3.05) is 0 Å². The molecule has 3 aromatic rings. The minimum atomic E-state index is -1.37. The average molecular weight is 383 g/mol. The van der Waals surface area contributed by atoms with Gasteiger partial charge in [-0.1, -0.05) is 5.16 Å². The van der Waals surface area contributed by atoms with Crippen LogP contribution in [0, 0.1) is 10.1 Å². The Hall–Kier alpha value is -4.02. The van der Waals surface area contributed by atoms with Crippen molar-refractivity contribution < 1.29 is 23.5 Å². The van der Waals surface area contributed by atoms with Crippen LogP contribution in [-0.4, -0.2) is 31.9 Å². The lowest BCUT2D eigenvalue weighted by atomic mass is 9.92. The van der Waals surface area contributed by atoms with Crippen LogP contribution >= 0.6 is 0 Å². The SMILES string of the molecule is CC1(c2ccc([N+](=O)[O-])cc2)NC(=O)N(Cc2nc(-c3ccco3)no2)C1=O. The first kappa shape index (κ1) is 17.4. The summed E-state index contributed by atoms with van der Waals surface area (Å²) in [5.41, 5.74) is -1.06. The third-order valence-corrected chi connectivity index (χ3v) is 4.43. The summed E-state index contributed by atoms with van der Waals surface area (Å²) in [5, 5.41) is 17.2. The molecule has 4 rings (SSSR count). The van der Waals surface area contributed by atoms with E-state index in [0.29, 0.717) is 11.3 Å². The second kappa shape index (κ2) is 6.30. The van der Waals surface area contributed by atoms with Gasteiger partial charge in [0.15, 0.2) is 5.76 Å². The molecule has 1 saturated heterocycles. The molecule has 0 radical (unpaired) electrons. The van der Waals surface area contributed by atoms with E-state index >= 15 is 0 Å². The lowest BCUT2D eigenvalue weighted by Gasteiger charge is -2.21. The highest BCUT2D eigenvalue weighted by Gasteiger charge is 2.49. The number of furan rings is 1.